The molecule has 0 bridgehead atoms. The Morgan fingerprint density at radius 3 is 2.11 bits per heavy atom. The summed E-state index contributed by atoms with van der Waals surface area (Å²) >= 11 is 0. The predicted molar refractivity (Wildman–Crippen MR) is 248 cm³/mol. The number of amides is 4. The smallest absolute Gasteiger partial charge is 0.407 e. The van der Waals surface area contributed by atoms with E-state index < -0.39 is 36.1 Å². The van der Waals surface area contributed by atoms with Crippen molar-refractivity contribution in [3.63, 3.8) is 0 Å². The summed E-state index contributed by atoms with van der Waals surface area (Å²) in [6, 6.07) is 15.8. The number of nitrogens with zero attached hydrogens (tertiary/aromatic N) is 4. The normalized spacial score (nSPS) is 23.3. The predicted octanol–water partition coefficient (Wildman–Crippen LogP) is 6.87. The van der Waals surface area contributed by atoms with Crippen molar-refractivity contribution in [1.29, 1.82) is 0 Å². The van der Waals surface area contributed by atoms with Crippen LogP contribution in [-0.4, -0.2) is 113 Å². The highest BCUT2D eigenvalue weighted by atomic mass is 16.7. The molecule has 66 heavy (non-hydrogen) atoms. The van der Waals surface area contributed by atoms with E-state index in [1.165, 1.54) is 14.2 Å². The van der Waals surface area contributed by atoms with E-state index in [4.69, 9.17) is 28.9 Å². The van der Waals surface area contributed by atoms with E-state index in [2.05, 4.69) is 52.0 Å². The molecule has 16 nitrogen and oxygen atoms in total. The van der Waals surface area contributed by atoms with Crippen LogP contribution in [0.5, 0.6) is 0 Å². The minimum atomic E-state index is -0.919. The lowest BCUT2D eigenvalue weighted by atomic mass is 9.84. The Bertz CT molecular complexity index is 2690. The Morgan fingerprint density at radius 1 is 0.803 bits per heavy atom. The van der Waals surface area contributed by atoms with Crippen molar-refractivity contribution in [3.05, 3.63) is 82.5 Å². The number of hydrogen-bond acceptors (Lipinski definition) is 11. The van der Waals surface area contributed by atoms with E-state index in [0.717, 1.165) is 64.4 Å². The fraction of sp³-hybridized carbons (Fsp3) is 0.500. The summed E-state index contributed by atoms with van der Waals surface area (Å²) in [4.78, 5) is 83.3. The number of aliphatic imine (C=N–C) groups is 1. The third-order valence-corrected chi connectivity index (χ3v) is 14.2. The highest BCUT2D eigenvalue weighted by Gasteiger charge is 2.53. The van der Waals surface area contributed by atoms with Gasteiger partial charge in [-0.15, -0.1) is 0 Å². The average Bonchev–Trinajstić information content (AvgIpc) is 4.15. The van der Waals surface area contributed by atoms with Crippen LogP contribution in [0.1, 0.15) is 90.1 Å². The van der Waals surface area contributed by atoms with Crippen molar-refractivity contribution < 1.29 is 38.1 Å². The number of aromatic nitrogens is 2. The van der Waals surface area contributed by atoms with Gasteiger partial charge in [0.15, 0.2) is 5.79 Å². The van der Waals surface area contributed by atoms with Crippen molar-refractivity contribution >= 4 is 57.0 Å². The topological polar surface area (TPSA) is 194 Å². The molecule has 1 aliphatic carbocycles. The molecular formula is C50H59N7O9. The van der Waals surface area contributed by atoms with Crippen LogP contribution in [0.2, 0.25) is 0 Å². The SMILES string of the molecule is COC(=O)N[C@H](C(=O)N1CC2(C[C@H]1C1=NC=C(c3ccc4cc(-c5ccc6c(=O)[nH]c([C@@H]7C[C@@H]8CCCC[C@@H]8N7C(=O)[C@@H](NC(=O)OC)C(C)C)nc6c5)ccc4c3)C1)OCCO2)C(C)C. The minimum Gasteiger partial charge on any atom is -0.453 e. The molecule has 4 amide bonds. The van der Waals surface area contributed by atoms with Gasteiger partial charge in [0.1, 0.15) is 17.9 Å². The maximum absolute atomic E-state index is 14.4. The summed E-state index contributed by atoms with van der Waals surface area (Å²) in [5, 5.41) is 8.00. The molecule has 5 heterocycles. The van der Waals surface area contributed by atoms with Crippen LogP contribution < -0.4 is 16.2 Å². The molecule has 5 aliphatic rings. The van der Waals surface area contributed by atoms with E-state index in [1.54, 1.807) is 11.0 Å². The number of alkyl carbamates (subject to hydrolysis) is 2. The van der Waals surface area contributed by atoms with Crippen molar-refractivity contribution in [2.45, 2.75) is 109 Å². The largest absolute Gasteiger partial charge is 0.453 e. The second kappa shape index (κ2) is 18.3. The Labute approximate surface area is 383 Å². The molecule has 3 aromatic carbocycles. The van der Waals surface area contributed by atoms with E-state index in [-0.39, 0.29) is 53.8 Å². The van der Waals surface area contributed by atoms with Crippen molar-refractivity contribution in [2.24, 2.45) is 22.7 Å². The first-order valence-electron chi connectivity index (χ1n) is 23.2. The molecule has 9 rings (SSSR count). The second-order valence-electron chi connectivity index (χ2n) is 19.0. The molecule has 6 atom stereocenters. The van der Waals surface area contributed by atoms with Crippen LogP contribution in [0.4, 0.5) is 9.59 Å². The van der Waals surface area contributed by atoms with E-state index in [9.17, 15) is 24.0 Å². The van der Waals surface area contributed by atoms with Gasteiger partial charge in [-0.25, -0.2) is 14.6 Å². The number of rotatable bonds is 10. The first-order valence-corrected chi connectivity index (χ1v) is 23.2. The van der Waals surface area contributed by atoms with Gasteiger partial charge in [0, 0.05) is 30.8 Å². The van der Waals surface area contributed by atoms with Crippen molar-refractivity contribution in [1.82, 2.24) is 30.4 Å². The molecule has 1 aromatic heterocycles. The van der Waals surface area contributed by atoms with Crippen molar-refractivity contribution in [3.8, 4) is 11.1 Å². The van der Waals surface area contributed by atoms with Crippen LogP contribution in [0, 0.1) is 17.8 Å². The Hall–Kier alpha value is -6.13. The number of methoxy groups -OCH3 is 2. The zero-order chi connectivity index (χ0) is 46.4. The zero-order valence-corrected chi connectivity index (χ0v) is 38.4. The number of fused-ring (bicyclic) bond motifs is 3. The zero-order valence-electron chi connectivity index (χ0n) is 38.4. The maximum Gasteiger partial charge on any atom is 0.407 e. The fourth-order valence-electron chi connectivity index (χ4n) is 10.8. The van der Waals surface area contributed by atoms with Gasteiger partial charge in [0.2, 0.25) is 11.8 Å². The van der Waals surface area contributed by atoms with Gasteiger partial charge in [-0.3, -0.25) is 19.4 Å². The third-order valence-electron chi connectivity index (χ3n) is 14.2. The van der Waals surface area contributed by atoms with Gasteiger partial charge in [-0.05, 0) is 94.3 Å². The number of hydrogen-bond donors (Lipinski definition) is 3. The Kier molecular flexibility index (Phi) is 12.5. The van der Waals surface area contributed by atoms with Crippen LogP contribution in [0.3, 0.4) is 0 Å². The van der Waals surface area contributed by atoms with Crippen LogP contribution in [0.25, 0.3) is 38.4 Å². The molecule has 0 radical (unpaired) electrons. The van der Waals surface area contributed by atoms with Gasteiger partial charge in [-0.2, -0.15) is 0 Å². The van der Waals surface area contributed by atoms with Crippen LogP contribution >= 0.6 is 0 Å². The number of nitrogens with one attached hydrogen (secondary N) is 3. The molecule has 3 saturated heterocycles. The number of benzene rings is 3. The molecule has 4 fully saturated rings. The molecule has 348 valence electrons. The quantitative estimate of drug-likeness (QED) is 0.151. The highest BCUT2D eigenvalue weighted by molar-refractivity contribution is 6.05. The Morgan fingerprint density at radius 2 is 1.42 bits per heavy atom. The minimum absolute atomic E-state index is 0.00886. The molecule has 0 unspecified atom stereocenters. The first kappa shape index (κ1) is 45.0. The summed E-state index contributed by atoms with van der Waals surface area (Å²) in [5.74, 6) is -1.00. The van der Waals surface area contributed by atoms with E-state index >= 15 is 0 Å². The number of H-pyrrole nitrogens is 1. The fourth-order valence-corrected chi connectivity index (χ4v) is 10.8. The lowest BCUT2D eigenvalue weighted by molar-refractivity contribution is -0.153. The molecule has 4 aliphatic heterocycles. The van der Waals surface area contributed by atoms with Crippen molar-refractivity contribution in [2.75, 3.05) is 34.0 Å². The third kappa shape index (κ3) is 8.56. The molecule has 16 heteroatoms. The number of ether oxygens (including phenoxy) is 4. The molecule has 4 aromatic rings. The van der Waals surface area contributed by atoms with Crippen LogP contribution in [-0.2, 0) is 28.5 Å². The summed E-state index contributed by atoms with van der Waals surface area (Å²) < 4.78 is 21.9. The first-order chi connectivity index (χ1) is 31.8. The molecule has 3 N–H and O–H groups in total. The average molecular weight is 902 g/mol. The van der Waals surface area contributed by atoms with E-state index in [0.29, 0.717) is 49.2 Å². The Balaban J connectivity index is 0.948. The molecule has 1 spiro atoms. The maximum atomic E-state index is 14.4. The molecule has 1 saturated carbocycles. The highest BCUT2D eigenvalue weighted by Crippen LogP contribution is 2.46. The number of likely N-dealkylation sites (tertiary alicyclic amines) is 2. The number of carbonyl (C=O) groups excluding carboxylic acids is 4. The van der Waals surface area contributed by atoms with E-state index in [1.807, 2.05) is 50.9 Å². The summed E-state index contributed by atoms with van der Waals surface area (Å²) in [5.41, 5.74) is 5.00. The summed E-state index contributed by atoms with van der Waals surface area (Å²) in [7, 11) is 2.56. The van der Waals surface area contributed by atoms with Gasteiger partial charge in [0.05, 0.1) is 57.0 Å². The molecular weight excluding hydrogens is 843 g/mol. The standard InChI is InChI=1S/C50H59N7O9/c1-27(2)42(53-48(61)63-5)46(59)56-26-50(65-17-18-66-50)24-41(56)38-22-35(25-51-38)32-14-13-29-19-31(12-11-30(29)20-32)33-15-16-36-37(21-33)52-44(55-45(36)58)40-23-34-9-7-8-10-39(34)57(40)47(60)43(28(3)4)54-49(62)64-6/h11-16,19-21,25,27-28,34,39-43H,7-10,17-18,22-24,26H2,1-6H3,(H,53,61)(H,54,62)(H,52,55,58)/t34-,39-,40-,41-,42-,43-/m0/s1. The van der Waals surface area contributed by atoms with Gasteiger partial charge in [-0.1, -0.05) is 70.9 Å². The summed E-state index contributed by atoms with van der Waals surface area (Å²) in [6.07, 6.45) is 6.15. The lowest BCUT2D eigenvalue weighted by Gasteiger charge is -2.37. The van der Waals surface area contributed by atoms with Gasteiger partial charge < -0.3 is 44.4 Å². The van der Waals surface area contributed by atoms with Gasteiger partial charge in [0.25, 0.3) is 5.56 Å². The number of allylic oxidation sites excluding steroid dienone is 1. The van der Waals surface area contributed by atoms with Crippen LogP contribution in [0.15, 0.2) is 70.6 Å². The number of aromatic amines is 1. The summed E-state index contributed by atoms with van der Waals surface area (Å²) in [6.45, 7) is 8.68. The van der Waals surface area contributed by atoms with Gasteiger partial charge >= 0.3 is 12.2 Å². The number of carbonyl (C=O) groups is 4. The monoisotopic (exact) mass is 901 g/mol. The lowest BCUT2D eigenvalue weighted by Crippen LogP contribution is -2.54. The second-order valence-corrected chi connectivity index (χ2v) is 19.0.